The summed E-state index contributed by atoms with van der Waals surface area (Å²) in [7, 11) is 0. The van der Waals surface area contributed by atoms with Crippen LogP contribution in [0.25, 0.3) is 0 Å². The molecule has 0 heterocycles. The van der Waals surface area contributed by atoms with Gasteiger partial charge in [0.1, 0.15) is 5.75 Å². The molecule has 0 aliphatic heterocycles. The third-order valence-electron chi connectivity index (χ3n) is 2.28. The van der Waals surface area contributed by atoms with Gasteiger partial charge in [-0.1, -0.05) is 17.7 Å². The van der Waals surface area contributed by atoms with E-state index in [1.807, 2.05) is 0 Å². The summed E-state index contributed by atoms with van der Waals surface area (Å²) >= 11 is 5.93. The minimum Gasteiger partial charge on any atom is -0.491 e. The summed E-state index contributed by atoms with van der Waals surface area (Å²) in [6.45, 7) is 0.671. The topological polar surface area (TPSA) is 26.3 Å². The summed E-state index contributed by atoms with van der Waals surface area (Å²) in [4.78, 5) is 10.7. The van der Waals surface area contributed by atoms with E-state index in [-0.39, 0.29) is 0 Å². The maximum atomic E-state index is 10.7. The van der Waals surface area contributed by atoms with Crippen LogP contribution in [0.4, 0.5) is 0 Å². The zero-order chi connectivity index (χ0) is 9.97. The zero-order valence-corrected chi connectivity index (χ0v) is 8.46. The first kappa shape index (κ1) is 9.53. The minimum atomic E-state index is 0.509. The Hall–Kier alpha value is -1.02. The molecule has 74 valence electrons. The first-order chi connectivity index (χ1) is 6.81. The molecular formula is C11H11ClO2. The van der Waals surface area contributed by atoms with Crippen LogP contribution in [0.5, 0.6) is 5.75 Å². The molecule has 1 aromatic carbocycles. The fourth-order valence-corrected chi connectivity index (χ4v) is 1.49. The molecule has 2 nitrogen and oxygen atoms in total. The Bertz CT molecular complexity index is 345. The zero-order valence-electron chi connectivity index (χ0n) is 7.70. The van der Waals surface area contributed by atoms with Crippen molar-refractivity contribution < 1.29 is 9.53 Å². The maximum Gasteiger partial charge on any atom is 0.153 e. The summed E-state index contributed by atoms with van der Waals surface area (Å²) in [5.41, 5.74) is 0.526. The first-order valence-electron chi connectivity index (χ1n) is 4.67. The number of hydrogen-bond donors (Lipinski definition) is 0. The Labute approximate surface area is 87.8 Å². The molecule has 14 heavy (non-hydrogen) atoms. The highest BCUT2D eigenvalue weighted by Crippen LogP contribution is 2.32. The van der Waals surface area contributed by atoms with Gasteiger partial charge in [-0.25, -0.2) is 0 Å². The second-order valence-corrected chi connectivity index (χ2v) is 3.94. The lowest BCUT2D eigenvalue weighted by molar-refractivity contribution is 0.111. The molecule has 0 saturated heterocycles. The molecule has 2 rings (SSSR count). The van der Waals surface area contributed by atoms with Crippen molar-refractivity contribution in [3.05, 3.63) is 28.8 Å². The molecule has 0 bridgehead atoms. The van der Waals surface area contributed by atoms with Crippen LogP contribution in [-0.2, 0) is 0 Å². The van der Waals surface area contributed by atoms with Gasteiger partial charge in [-0.15, -0.1) is 0 Å². The second-order valence-electron chi connectivity index (χ2n) is 3.53. The molecule has 0 atom stereocenters. The van der Waals surface area contributed by atoms with E-state index in [1.165, 1.54) is 12.8 Å². The minimum absolute atomic E-state index is 0.509. The third-order valence-corrected chi connectivity index (χ3v) is 2.58. The number of halogens is 1. The first-order valence-corrected chi connectivity index (χ1v) is 5.05. The summed E-state index contributed by atoms with van der Waals surface area (Å²) in [6.07, 6.45) is 3.22. The van der Waals surface area contributed by atoms with Crippen molar-refractivity contribution >= 4 is 17.9 Å². The fourth-order valence-electron chi connectivity index (χ4n) is 1.26. The summed E-state index contributed by atoms with van der Waals surface area (Å²) < 4.78 is 5.52. The molecule has 0 aromatic heterocycles. The van der Waals surface area contributed by atoms with Crippen molar-refractivity contribution in [1.82, 2.24) is 0 Å². The van der Waals surface area contributed by atoms with Gasteiger partial charge < -0.3 is 4.74 Å². The van der Waals surface area contributed by atoms with E-state index in [0.717, 1.165) is 6.29 Å². The highest BCUT2D eigenvalue weighted by molar-refractivity contribution is 6.32. The van der Waals surface area contributed by atoms with Crippen molar-refractivity contribution in [3.8, 4) is 5.75 Å². The monoisotopic (exact) mass is 210 g/mol. The van der Waals surface area contributed by atoms with Crippen molar-refractivity contribution in [2.24, 2.45) is 5.92 Å². The number of ether oxygens (including phenoxy) is 1. The normalized spacial score (nSPS) is 15.2. The highest BCUT2D eigenvalue weighted by Gasteiger charge is 2.22. The van der Waals surface area contributed by atoms with E-state index >= 15 is 0 Å². The number of aldehydes is 1. The smallest absolute Gasteiger partial charge is 0.153 e. The second kappa shape index (κ2) is 4.01. The number of benzene rings is 1. The van der Waals surface area contributed by atoms with E-state index in [0.29, 0.717) is 28.9 Å². The third kappa shape index (κ3) is 2.07. The Morgan fingerprint density at radius 1 is 1.50 bits per heavy atom. The van der Waals surface area contributed by atoms with Crippen LogP contribution >= 0.6 is 11.6 Å². The highest BCUT2D eigenvalue weighted by atomic mass is 35.5. The predicted molar refractivity (Wildman–Crippen MR) is 55.1 cm³/mol. The molecule has 0 amide bonds. The van der Waals surface area contributed by atoms with Crippen LogP contribution < -0.4 is 4.74 Å². The summed E-state index contributed by atoms with van der Waals surface area (Å²) in [6, 6.07) is 5.19. The predicted octanol–water partition coefficient (Wildman–Crippen LogP) is 2.94. The van der Waals surface area contributed by atoms with Gasteiger partial charge in [-0.2, -0.15) is 0 Å². The molecule has 1 aromatic rings. The van der Waals surface area contributed by atoms with Crippen molar-refractivity contribution in [1.29, 1.82) is 0 Å². The number of para-hydroxylation sites is 1. The van der Waals surface area contributed by atoms with E-state index in [4.69, 9.17) is 16.3 Å². The van der Waals surface area contributed by atoms with Gasteiger partial charge in [0, 0.05) is 0 Å². The number of carbonyl (C=O) groups is 1. The lowest BCUT2D eigenvalue weighted by Crippen LogP contribution is -2.01. The SMILES string of the molecule is O=Cc1cccc(Cl)c1OCC1CC1. The van der Waals surface area contributed by atoms with Crippen LogP contribution in [-0.4, -0.2) is 12.9 Å². The molecule has 0 unspecified atom stereocenters. The Balaban J connectivity index is 2.15. The number of hydrogen-bond acceptors (Lipinski definition) is 2. The maximum absolute atomic E-state index is 10.7. The molecule has 1 aliphatic carbocycles. The van der Waals surface area contributed by atoms with E-state index in [2.05, 4.69) is 0 Å². The lowest BCUT2D eigenvalue weighted by atomic mass is 10.2. The van der Waals surface area contributed by atoms with Crippen LogP contribution in [0, 0.1) is 5.92 Å². The van der Waals surface area contributed by atoms with E-state index < -0.39 is 0 Å². The van der Waals surface area contributed by atoms with Crippen molar-refractivity contribution in [3.63, 3.8) is 0 Å². The summed E-state index contributed by atoms with van der Waals surface area (Å²) in [5, 5.41) is 0.509. The Morgan fingerprint density at radius 2 is 2.29 bits per heavy atom. The van der Waals surface area contributed by atoms with Crippen molar-refractivity contribution in [2.75, 3.05) is 6.61 Å². The van der Waals surface area contributed by atoms with Crippen LogP contribution in [0.1, 0.15) is 23.2 Å². The standard InChI is InChI=1S/C11H11ClO2/c12-10-3-1-2-9(6-13)11(10)14-7-8-4-5-8/h1-3,6,8H,4-5,7H2. The number of rotatable bonds is 4. The average Bonchev–Trinajstić information content (AvgIpc) is 2.99. The molecule has 3 heteroatoms. The molecule has 0 spiro atoms. The van der Waals surface area contributed by atoms with Crippen LogP contribution in [0.3, 0.4) is 0 Å². The molecule has 0 radical (unpaired) electrons. The average molecular weight is 211 g/mol. The van der Waals surface area contributed by atoms with Gasteiger partial charge >= 0.3 is 0 Å². The van der Waals surface area contributed by atoms with Crippen LogP contribution in [0.15, 0.2) is 18.2 Å². The van der Waals surface area contributed by atoms with Gasteiger partial charge in [0.15, 0.2) is 6.29 Å². The fraction of sp³-hybridized carbons (Fsp3) is 0.364. The Morgan fingerprint density at radius 3 is 2.93 bits per heavy atom. The van der Waals surface area contributed by atoms with Crippen LogP contribution in [0.2, 0.25) is 5.02 Å². The van der Waals surface area contributed by atoms with Gasteiger partial charge in [0.2, 0.25) is 0 Å². The van der Waals surface area contributed by atoms with E-state index in [1.54, 1.807) is 18.2 Å². The van der Waals surface area contributed by atoms with Gasteiger partial charge in [0.25, 0.3) is 0 Å². The van der Waals surface area contributed by atoms with Gasteiger partial charge in [0.05, 0.1) is 17.2 Å². The largest absolute Gasteiger partial charge is 0.491 e. The lowest BCUT2D eigenvalue weighted by Gasteiger charge is -2.08. The molecular weight excluding hydrogens is 200 g/mol. The molecule has 1 saturated carbocycles. The van der Waals surface area contributed by atoms with Gasteiger partial charge in [-0.3, -0.25) is 4.79 Å². The molecule has 1 fully saturated rings. The number of carbonyl (C=O) groups excluding carboxylic acids is 1. The quantitative estimate of drug-likeness (QED) is 0.715. The molecule has 0 N–H and O–H groups in total. The van der Waals surface area contributed by atoms with Crippen molar-refractivity contribution in [2.45, 2.75) is 12.8 Å². The van der Waals surface area contributed by atoms with Gasteiger partial charge in [-0.05, 0) is 30.9 Å². The summed E-state index contributed by atoms with van der Waals surface area (Å²) in [5.74, 6) is 1.18. The van der Waals surface area contributed by atoms with E-state index in [9.17, 15) is 4.79 Å². The Kier molecular flexibility index (Phi) is 2.73. The molecule has 1 aliphatic rings.